The summed E-state index contributed by atoms with van der Waals surface area (Å²) in [6.07, 6.45) is 2.19. The number of rotatable bonds is 4. The standard InChI is InChI=1S/C13H14FN3O2/c1-8(19-11-4-3-5-16-12(11)15)10-6-9(14)7-17-13(10)18-2/h3-8H,1-2H3,(H2,15,16). The molecule has 2 aromatic heterocycles. The Labute approximate surface area is 110 Å². The third-order valence-corrected chi connectivity index (χ3v) is 2.58. The topological polar surface area (TPSA) is 70.3 Å². The van der Waals surface area contributed by atoms with Crippen molar-refractivity contribution in [1.29, 1.82) is 0 Å². The van der Waals surface area contributed by atoms with Crippen LogP contribution in [0.2, 0.25) is 0 Å². The number of anilines is 1. The zero-order valence-electron chi connectivity index (χ0n) is 10.6. The van der Waals surface area contributed by atoms with Gasteiger partial charge in [-0.2, -0.15) is 0 Å². The Bertz CT molecular complexity index is 578. The number of halogens is 1. The summed E-state index contributed by atoms with van der Waals surface area (Å²) in [6.45, 7) is 1.76. The van der Waals surface area contributed by atoms with Gasteiger partial charge >= 0.3 is 0 Å². The average Bonchev–Trinajstić information content (AvgIpc) is 2.41. The first-order chi connectivity index (χ1) is 9.11. The molecule has 5 nitrogen and oxygen atoms in total. The van der Waals surface area contributed by atoms with Crippen molar-refractivity contribution in [2.75, 3.05) is 12.8 Å². The highest BCUT2D eigenvalue weighted by Gasteiger charge is 2.16. The summed E-state index contributed by atoms with van der Waals surface area (Å²) in [7, 11) is 1.47. The first kappa shape index (κ1) is 13.1. The maximum atomic E-state index is 13.3. The molecule has 2 rings (SSSR count). The molecule has 1 atom stereocenters. The van der Waals surface area contributed by atoms with Crippen molar-refractivity contribution in [3.63, 3.8) is 0 Å². The zero-order chi connectivity index (χ0) is 13.8. The van der Waals surface area contributed by atoms with Crippen LogP contribution in [0.1, 0.15) is 18.6 Å². The van der Waals surface area contributed by atoms with E-state index >= 15 is 0 Å². The number of aromatic nitrogens is 2. The number of hydrogen-bond donors (Lipinski definition) is 1. The van der Waals surface area contributed by atoms with Crippen molar-refractivity contribution in [2.24, 2.45) is 0 Å². The minimum absolute atomic E-state index is 0.276. The lowest BCUT2D eigenvalue weighted by atomic mass is 10.1. The summed E-state index contributed by atoms with van der Waals surface area (Å²) in [4.78, 5) is 7.78. The maximum Gasteiger partial charge on any atom is 0.220 e. The van der Waals surface area contributed by atoms with Gasteiger partial charge in [0.2, 0.25) is 5.88 Å². The van der Waals surface area contributed by atoms with Gasteiger partial charge in [0, 0.05) is 6.20 Å². The smallest absolute Gasteiger partial charge is 0.220 e. The predicted octanol–water partition coefficient (Wildman–Crippen LogP) is 2.35. The Morgan fingerprint density at radius 1 is 1.37 bits per heavy atom. The van der Waals surface area contributed by atoms with Crippen molar-refractivity contribution in [3.05, 3.63) is 42.0 Å². The highest BCUT2D eigenvalue weighted by atomic mass is 19.1. The summed E-state index contributed by atoms with van der Waals surface area (Å²) in [6, 6.07) is 4.72. The Morgan fingerprint density at radius 3 is 2.84 bits per heavy atom. The van der Waals surface area contributed by atoms with E-state index in [1.165, 1.54) is 13.2 Å². The lowest BCUT2D eigenvalue weighted by Crippen LogP contribution is -2.08. The number of nitrogen functional groups attached to an aromatic ring is 1. The fourth-order valence-corrected chi connectivity index (χ4v) is 1.66. The second kappa shape index (κ2) is 5.51. The van der Waals surface area contributed by atoms with Gasteiger partial charge in [-0.25, -0.2) is 14.4 Å². The van der Waals surface area contributed by atoms with Crippen LogP contribution in [-0.4, -0.2) is 17.1 Å². The van der Waals surface area contributed by atoms with Crippen molar-refractivity contribution in [1.82, 2.24) is 9.97 Å². The molecule has 2 N–H and O–H groups in total. The molecule has 1 unspecified atom stereocenters. The fourth-order valence-electron chi connectivity index (χ4n) is 1.66. The van der Waals surface area contributed by atoms with Crippen LogP contribution in [0.5, 0.6) is 11.6 Å². The molecule has 0 radical (unpaired) electrons. The molecule has 0 bridgehead atoms. The molecule has 0 saturated carbocycles. The van der Waals surface area contributed by atoms with E-state index in [9.17, 15) is 4.39 Å². The first-order valence-electron chi connectivity index (χ1n) is 5.68. The molecule has 0 aliphatic carbocycles. The Balaban J connectivity index is 2.27. The molecule has 0 spiro atoms. The molecule has 0 fully saturated rings. The molecule has 19 heavy (non-hydrogen) atoms. The number of nitrogens with two attached hydrogens (primary N) is 1. The summed E-state index contributed by atoms with van der Waals surface area (Å²) in [5.74, 6) is 0.570. The minimum atomic E-state index is -0.468. The summed E-state index contributed by atoms with van der Waals surface area (Å²) >= 11 is 0. The number of ether oxygens (including phenoxy) is 2. The molecular weight excluding hydrogens is 249 g/mol. The van der Waals surface area contributed by atoms with E-state index < -0.39 is 11.9 Å². The van der Waals surface area contributed by atoms with Crippen molar-refractivity contribution >= 4 is 5.82 Å². The van der Waals surface area contributed by atoms with Crippen LogP contribution in [0, 0.1) is 5.82 Å². The van der Waals surface area contributed by atoms with Gasteiger partial charge in [-0.1, -0.05) is 0 Å². The van der Waals surface area contributed by atoms with Crippen LogP contribution in [0.15, 0.2) is 30.6 Å². The van der Waals surface area contributed by atoms with E-state index in [1.54, 1.807) is 25.3 Å². The van der Waals surface area contributed by atoms with E-state index in [-0.39, 0.29) is 5.82 Å². The lowest BCUT2D eigenvalue weighted by molar-refractivity contribution is 0.219. The van der Waals surface area contributed by atoms with Crippen LogP contribution in [0.4, 0.5) is 10.2 Å². The third-order valence-electron chi connectivity index (χ3n) is 2.58. The normalized spacial score (nSPS) is 11.9. The molecule has 0 aromatic carbocycles. The van der Waals surface area contributed by atoms with Crippen LogP contribution >= 0.6 is 0 Å². The van der Waals surface area contributed by atoms with E-state index in [0.717, 1.165) is 6.20 Å². The van der Waals surface area contributed by atoms with E-state index in [2.05, 4.69) is 9.97 Å². The Hall–Kier alpha value is -2.37. The molecule has 0 aliphatic rings. The van der Waals surface area contributed by atoms with Gasteiger partial charge in [0.25, 0.3) is 0 Å². The van der Waals surface area contributed by atoms with E-state index in [4.69, 9.17) is 15.2 Å². The minimum Gasteiger partial charge on any atom is -0.482 e. The summed E-state index contributed by atoms with van der Waals surface area (Å²) in [5, 5.41) is 0. The largest absolute Gasteiger partial charge is 0.482 e. The second-order valence-electron chi connectivity index (χ2n) is 3.90. The van der Waals surface area contributed by atoms with Crippen LogP contribution in [-0.2, 0) is 0 Å². The average molecular weight is 263 g/mol. The van der Waals surface area contributed by atoms with Gasteiger partial charge in [-0.15, -0.1) is 0 Å². The van der Waals surface area contributed by atoms with Gasteiger partial charge in [-0.3, -0.25) is 0 Å². The highest BCUT2D eigenvalue weighted by molar-refractivity contribution is 5.45. The summed E-state index contributed by atoms with van der Waals surface area (Å²) in [5.41, 5.74) is 6.20. The lowest BCUT2D eigenvalue weighted by Gasteiger charge is -2.17. The Morgan fingerprint density at radius 2 is 2.16 bits per heavy atom. The molecule has 2 aromatic rings. The van der Waals surface area contributed by atoms with Crippen LogP contribution in [0.3, 0.4) is 0 Å². The van der Waals surface area contributed by atoms with Crippen LogP contribution < -0.4 is 15.2 Å². The van der Waals surface area contributed by atoms with Crippen LogP contribution in [0.25, 0.3) is 0 Å². The quantitative estimate of drug-likeness (QED) is 0.916. The number of nitrogens with zero attached hydrogens (tertiary/aromatic N) is 2. The fraction of sp³-hybridized carbons (Fsp3) is 0.231. The van der Waals surface area contributed by atoms with E-state index in [1.807, 2.05) is 0 Å². The number of hydrogen-bond acceptors (Lipinski definition) is 5. The predicted molar refractivity (Wildman–Crippen MR) is 68.4 cm³/mol. The molecule has 0 saturated heterocycles. The monoisotopic (exact) mass is 263 g/mol. The van der Waals surface area contributed by atoms with Gasteiger partial charge < -0.3 is 15.2 Å². The zero-order valence-corrected chi connectivity index (χ0v) is 10.6. The number of methoxy groups -OCH3 is 1. The van der Waals surface area contributed by atoms with Gasteiger partial charge in [0.1, 0.15) is 11.9 Å². The molecule has 0 aliphatic heterocycles. The SMILES string of the molecule is COc1ncc(F)cc1C(C)Oc1cccnc1N. The third kappa shape index (κ3) is 2.90. The molecule has 100 valence electrons. The first-order valence-corrected chi connectivity index (χ1v) is 5.68. The van der Waals surface area contributed by atoms with Gasteiger partial charge in [0.05, 0.1) is 18.9 Å². The molecule has 2 heterocycles. The second-order valence-corrected chi connectivity index (χ2v) is 3.90. The van der Waals surface area contributed by atoms with Gasteiger partial charge in [0.15, 0.2) is 11.6 Å². The molecular formula is C13H14FN3O2. The summed E-state index contributed by atoms with van der Waals surface area (Å²) < 4.78 is 24.0. The van der Waals surface area contributed by atoms with Crippen molar-refractivity contribution in [3.8, 4) is 11.6 Å². The Kier molecular flexibility index (Phi) is 3.79. The van der Waals surface area contributed by atoms with E-state index in [0.29, 0.717) is 17.2 Å². The highest BCUT2D eigenvalue weighted by Crippen LogP contribution is 2.29. The molecule has 6 heteroatoms. The maximum absolute atomic E-state index is 13.3. The van der Waals surface area contributed by atoms with Crippen molar-refractivity contribution < 1.29 is 13.9 Å². The van der Waals surface area contributed by atoms with Gasteiger partial charge in [-0.05, 0) is 25.1 Å². The number of pyridine rings is 2. The molecule has 0 amide bonds. The van der Waals surface area contributed by atoms with Crippen molar-refractivity contribution in [2.45, 2.75) is 13.0 Å².